The number of nitrogens with two attached hydrogens (primary N) is 1. The van der Waals surface area contributed by atoms with Crippen molar-refractivity contribution in [2.75, 3.05) is 25.9 Å². The Kier molecular flexibility index (Phi) is 3.96. The molecule has 1 aromatic heterocycles. The topological polar surface area (TPSA) is 90.4 Å². The van der Waals surface area contributed by atoms with Gasteiger partial charge in [-0.2, -0.15) is 5.10 Å². The summed E-state index contributed by atoms with van der Waals surface area (Å²) < 4.78 is 6.25. The molecule has 1 aliphatic heterocycles. The highest BCUT2D eigenvalue weighted by molar-refractivity contribution is 5.98. The normalized spacial score (nSPS) is 16.2. The fourth-order valence-electron chi connectivity index (χ4n) is 2.56. The van der Waals surface area contributed by atoms with Gasteiger partial charge in [0, 0.05) is 20.1 Å². The number of aryl methyl sites for hydroxylation is 2. The quantitative estimate of drug-likeness (QED) is 0.789. The first-order valence-electron chi connectivity index (χ1n) is 6.61. The molecule has 1 fully saturated rings. The number of esters is 1. The number of aromatic nitrogens is 2. The van der Waals surface area contributed by atoms with Crippen LogP contribution in [0, 0.1) is 12.8 Å². The number of carbonyl (C=O) groups is 2. The summed E-state index contributed by atoms with van der Waals surface area (Å²) in [5.41, 5.74) is 7.40. The second kappa shape index (κ2) is 5.52. The molecule has 0 aliphatic carbocycles. The number of anilines is 1. The lowest BCUT2D eigenvalue weighted by atomic mass is 9.97. The van der Waals surface area contributed by atoms with Crippen LogP contribution in [-0.4, -0.2) is 46.8 Å². The van der Waals surface area contributed by atoms with E-state index in [1.54, 1.807) is 18.9 Å². The van der Waals surface area contributed by atoms with Gasteiger partial charge in [0.2, 0.25) is 0 Å². The van der Waals surface area contributed by atoms with E-state index in [4.69, 9.17) is 10.5 Å². The fourth-order valence-corrected chi connectivity index (χ4v) is 2.56. The third kappa shape index (κ3) is 2.48. The summed E-state index contributed by atoms with van der Waals surface area (Å²) in [6, 6.07) is 0. The second-order valence-corrected chi connectivity index (χ2v) is 5.06. The summed E-state index contributed by atoms with van der Waals surface area (Å²) in [4.78, 5) is 25.6. The molecule has 0 saturated carbocycles. The molecular formula is C13H20N4O3. The van der Waals surface area contributed by atoms with E-state index in [2.05, 4.69) is 5.10 Å². The largest absolute Gasteiger partial charge is 0.469 e. The van der Waals surface area contributed by atoms with Crippen molar-refractivity contribution in [3.63, 3.8) is 0 Å². The van der Waals surface area contributed by atoms with E-state index in [0.29, 0.717) is 43.0 Å². The van der Waals surface area contributed by atoms with Gasteiger partial charge in [-0.05, 0) is 19.8 Å². The Hall–Kier alpha value is -2.05. The first-order chi connectivity index (χ1) is 9.45. The summed E-state index contributed by atoms with van der Waals surface area (Å²) in [6.45, 7) is 2.83. The number of hydrogen-bond acceptors (Lipinski definition) is 5. The third-order valence-electron chi connectivity index (χ3n) is 3.79. The molecule has 0 spiro atoms. The molecule has 2 rings (SSSR count). The van der Waals surface area contributed by atoms with Crippen molar-refractivity contribution in [1.82, 2.24) is 14.7 Å². The van der Waals surface area contributed by atoms with Gasteiger partial charge in [-0.3, -0.25) is 14.3 Å². The Morgan fingerprint density at radius 2 is 1.95 bits per heavy atom. The van der Waals surface area contributed by atoms with Gasteiger partial charge in [0.25, 0.3) is 5.91 Å². The number of ether oxygens (including phenoxy) is 1. The molecule has 0 bridgehead atoms. The number of amides is 1. The zero-order chi connectivity index (χ0) is 14.9. The van der Waals surface area contributed by atoms with Crippen molar-refractivity contribution in [2.24, 2.45) is 13.0 Å². The lowest BCUT2D eigenvalue weighted by Crippen LogP contribution is -2.41. The molecule has 1 aromatic rings. The fraction of sp³-hybridized carbons (Fsp3) is 0.615. The van der Waals surface area contributed by atoms with Crippen LogP contribution in [0.2, 0.25) is 0 Å². The molecule has 1 amide bonds. The monoisotopic (exact) mass is 280 g/mol. The maximum Gasteiger partial charge on any atom is 0.308 e. The van der Waals surface area contributed by atoms with Gasteiger partial charge in [-0.25, -0.2) is 0 Å². The minimum Gasteiger partial charge on any atom is -0.469 e. The Labute approximate surface area is 117 Å². The van der Waals surface area contributed by atoms with E-state index >= 15 is 0 Å². The van der Waals surface area contributed by atoms with Crippen LogP contribution < -0.4 is 5.73 Å². The molecule has 1 saturated heterocycles. The molecule has 20 heavy (non-hydrogen) atoms. The van der Waals surface area contributed by atoms with E-state index in [9.17, 15) is 9.59 Å². The van der Waals surface area contributed by atoms with Crippen LogP contribution in [0.15, 0.2) is 0 Å². The average molecular weight is 280 g/mol. The van der Waals surface area contributed by atoms with Crippen molar-refractivity contribution < 1.29 is 14.3 Å². The number of nitrogen functional groups attached to an aromatic ring is 1. The molecule has 110 valence electrons. The van der Waals surface area contributed by atoms with Crippen LogP contribution in [0.3, 0.4) is 0 Å². The lowest BCUT2D eigenvalue weighted by Gasteiger charge is -2.30. The maximum absolute atomic E-state index is 12.5. The summed E-state index contributed by atoms with van der Waals surface area (Å²) in [5, 5.41) is 4.15. The van der Waals surface area contributed by atoms with Crippen molar-refractivity contribution in [2.45, 2.75) is 19.8 Å². The lowest BCUT2D eigenvalue weighted by molar-refractivity contribution is -0.146. The van der Waals surface area contributed by atoms with Crippen molar-refractivity contribution in [1.29, 1.82) is 0 Å². The van der Waals surface area contributed by atoms with Gasteiger partial charge in [0.1, 0.15) is 5.69 Å². The van der Waals surface area contributed by atoms with Gasteiger partial charge in [-0.15, -0.1) is 0 Å². The smallest absolute Gasteiger partial charge is 0.308 e. The molecule has 2 heterocycles. The summed E-state index contributed by atoms with van der Waals surface area (Å²) >= 11 is 0. The highest BCUT2D eigenvalue weighted by atomic mass is 16.5. The predicted molar refractivity (Wildman–Crippen MR) is 73.0 cm³/mol. The van der Waals surface area contributed by atoms with Crippen LogP contribution >= 0.6 is 0 Å². The molecule has 7 heteroatoms. The van der Waals surface area contributed by atoms with Gasteiger partial charge in [0.15, 0.2) is 0 Å². The number of nitrogens with zero attached hydrogens (tertiary/aromatic N) is 3. The predicted octanol–water partition coefficient (Wildman–Crippen LogP) is 0.336. The van der Waals surface area contributed by atoms with E-state index in [1.165, 1.54) is 11.8 Å². The number of rotatable bonds is 2. The first-order valence-corrected chi connectivity index (χ1v) is 6.61. The van der Waals surface area contributed by atoms with Crippen LogP contribution in [-0.2, 0) is 16.6 Å². The molecule has 0 unspecified atom stereocenters. The number of methoxy groups -OCH3 is 1. The number of likely N-dealkylation sites (tertiary alicyclic amines) is 1. The zero-order valence-electron chi connectivity index (χ0n) is 12.0. The van der Waals surface area contributed by atoms with Crippen molar-refractivity contribution in [3.8, 4) is 0 Å². The van der Waals surface area contributed by atoms with Gasteiger partial charge in [-0.1, -0.05) is 0 Å². The number of hydrogen-bond donors (Lipinski definition) is 1. The van der Waals surface area contributed by atoms with Crippen molar-refractivity contribution in [3.05, 3.63) is 11.4 Å². The van der Waals surface area contributed by atoms with Crippen LogP contribution in [0.1, 0.15) is 29.0 Å². The molecular weight excluding hydrogens is 260 g/mol. The first kappa shape index (κ1) is 14.4. The molecule has 2 N–H and O–H groups in total. The van der Waals surface area contributed by atoms with Crippen LogP contribution in [0.5, 0.6) is 0 Å². The standard InChI is InChI=1S/C13H20N4O3/c1-8-10(14)11(16(2)15-8)12(18)17-6-4-9(5-7-17)13(19)20-3/h9H,4-7,14H2,1-3H3. The minimum atomic E-state index is -0.201. The molecule has 0 atom stereocenters. The van der Waals surface area contributed by atoms with Gasteiger partial charge in [0.05, 0.1) is 24.4 Å². The van der Waals surface area contributed by atoms with E-state index < -0.39 is 0 Å². The van der Waals surface area contributed by atoms with E-state index in [-0.39, 0.29) is 17.8 Å². The third-order valence-corrected chi connectivity index (χ3v) is 3.79. The molecule has 0 aromatic carbocycles. The van der Waals surface area contributed by atoms with Gasteiger partial charge >= 0.3 is 5.97 Å². The maximum atomic E-state index is 12.5. The Morgan fingerprint density at radius 1 is 1.35 bits per heavy atom. The SMILES string of the molecule is COC(=O)C1CCN(C(=O)c2c(N)c(C)nn2C)CC1. The van der Waals surface area contributed by atoms with Crippen LogP contribution in [0.4, 0.5) is 5.69 Å². The molecule has 0 radical (unpaired) electrons. The molecule has 1 aliphatic rings. The van der Waals surface area contributed by atoms with Crippen molar-refractivity contribution >= 4 is 17.6 Å². The van der Waals surface area contributed by atoms with Gasteiger partial charge < -0.3 is 15.4 Å². The average Bonchev–Trinajstić information content (AvgIpc) is 2.71. The summed E-state index contributed by atoms with van der Waals surface area (Å²) in [7, 11) is 3.09. The Morgan fingerprint density at radius 3 is 2.40 bits per heavy atom. The highest BCUT2D eigenvalue weighted by Crippen LogP contribution is 2.23. The number of carbonyl (C=O) groups excluding carboxylic acids is 2. The van der Waals surface area contributed by atoms with Crippen LogP contribution in [0.25, 0.3) is 0 Å². The highest BCUT2D eigenvalue weighted by Gasteiger charge is 2.30. The molecule has 7 nitrogen and oxygen atoms in total. The minimum absolute atomic E-state index is 0.116. The summed E-state index contributed by atoms with van der Waals surface area (Å²) in [6.07, 6.45) is 1.24. The zero-order valence-corrected chi connectivity index (χ0v) is 12.0. The number of piperidine rings is 1. The summed E-state index contributed by atoms with van der Waals surface area (Å²) in [5.74, 6) is -0.448. The Bertz CT molecular complexity index is 530. The second-order valence-electron chi connectivity index (χ2n) is 5.06. The Balaban J connectivity index is 2.07. The van der Waals surface area contributed by atoms with E-state index in [1.807, 2.05) is 0 Å². The van der Waals surface area contributed by atoms with E-state index in [0.717, 1.165) is 0 Å².